The third kappa shape index (κ3) is 4.28. The van der Waals surface area contributed by atoms with Crippen LogP contribution in [-0.2, 0) is 6.54 Å². The predicted molar refractivity (Wildman–Crippen MR) is 116 cm³/mol. The van der Waals surface area contributed by atoms with E-state index >= 15 is 0 Å². The van der Waals surface area contributed by atoms with Crippen LogP contribution in [0.4, 0.5) is 0 Å². The fourth-order valence-corrected chi connectivity index (χ4v) is 4.58. The molecule has 0 spiro atoms. The second-order valence-corrected chi connectivity index (χ2v) is 7.88. The van der Waals surface area contributed by atoms with E-state index in [-0.39, 0.29) is 10.8 Å². The Bertz CT molecular complexity index is 1030. The van der Waals surface area contributed by atoms with Gasteiger partial charge in [-0.25, -0.2) is 4.98 Å². The maximum atomic E-state index is 13.0. The van der Waals surface area contributed by atoms with Gasteiger partial charge in [-0.05, 0) is 44.0 Å². The van der Waals surface area contributed by atoms with Gasteiger partial charge in [0.2, 0.25) is 0 Å². The van der Waals surface area contributed by atoms with E-state index in [0.29, 0.717) is 22.5 Å². The van der Waals surface area contributed by atoms with Crippen molar-refractivity contribution in [3.8, 4) is 0 Å². The zero-order valence-corrected chi connectivity index (χ0v) is 17.3. The van der Waals surface area contributed by atoms with E-state index in [4.69, 9.17) is 16.6 Å². The molecule has 0 aliphatic carbocycles. The van der Waals surface area contributed by atoms with Crippen LogP contribution in [0, 0.1) is 0 Å². The van der Waals surface area contributed by atoms with Crippen LogP contribution in [0.3, 0.4) is 0 Å². The van der Waals surface area contributed by atoms with E-state index < -0.39 is 0 Å². The molecule has 0 radical (unpaired) electrons. The van der Waals surface area contributed by atoms with E-state index in [1.807, 2.05) is 31.2 Å². The van der Waals surface area contributed by atoms with Crippen LogP contribution in [0.2, 0.25) is 5.02 Å². The van der Waals surface area contributed by atoms with Crippen LogP contribution in [-0.4, -0.2) is 9.55 Å². The molecule has 1 heterocycles. The van der Waals surface area contributed by atoms with Crippen molar-refractivity contribution in [1.29, 1.82) is 0 Å². The lowest BCUT2D eigenvalue weighted by molar-refractivity contribution is 0.633. The summed E-state index contributed by atoms with van der Waals surface area (Å²) in [5.74, 6) is 0. The predicted octanol–water partition coefficient (Wildman–Crippen LogP) is 6.26. The fourth-order valence-electron chi connectivity index (χ4n) is 3.13. The van der Waals surface area contributed by atoms with Gasteiger partial charge >= 0.3 is 0 Å². The first kappa shape index (κ1) is 19.7. The lowest BCUT2D eigenvalue weighted by Gasteiger charge is -2.20. The second kappa shape index (κ2) is 8.77. The van der Waals surface area contributed by atoms with Crippen LogP contribution >= 0.6 is 23.4 Å². The van der Waals surface area contributed by atoms with E-state index in [2.05, 4.69) is 32.1 Å². The molecule has 0 saturated carbocycles. The highest BCUT2D eigenvalue weighted by Gasteiger charge is 2.19. The molecule has 5 heteroatoms. The Hall–Kier alpha value is -2.04. The van der Waals surface area contributed by atoms with Gasteiger partial charge in [-0.2, -0.15) is 0 Å². The molecule has 3 aromatic rings. The lowest BCUT2D eigenvalue weighted by atomic mass is 10.1. The largest absolute Gasteiger partial charge is 0.287 e. The number of thioether (sulfide) groups is 1. The van der Waals surface area contributed by atoms with Crippen LogP contribution in [0.15, 0.2) is 70.1 Å². The highest BCUT2D eigenvalue weighted by Crippen LogP contribution is 2.40. The number of fused-ring (bicyclic) bond motifs is 1. The van der Waals surface area contributed by atoms with Crippen LogP contribution in [0.25, 0.3) is 10.9 Å². The number of hydrogen-bond donors (Lipinski definition) is 0. The Morgan fingerprint density at radius 2 is 1.96 bits per heavy atom. The number of rotatable bonds is 6. The molecule has 1 aromatic heterocycles. The minimum Gasteiger partial charge on any atom is -0.287 e. The Labute approximate surface area is 169 Å². The zero-order chi connectivity index (χ0) is 19.4. The minimum atomic E-state index is -0.0450. The summed E-state index contributed by atoms with van der Waals surface area (Å²) in [6, 6.07) is 15.6. The van der Waals surface area contributed by atoms with E-state index in [1.165, 1.54) is 11.1 Å². The molecule has 1 unspecified atom stereocenters. The molecule has 1 atom stereocenters. The maximum Gasteiger partial charge on any atom is 0.262 e. The van der Waals surface area contributed by atoms with Gasteiger partial charge in [0.15, 0.2) is 5.16 Å². The summed E-state index contributed by atoms with van der Waals surface area (Å²) in [5, 5.41) is 1.95. The van der Waals surface area contributed by atoms with Crippen molar-refractivity contribution in [3.05, 3.63) is 81.1 Å². The number of nitrogens with zero attached hydrogens (tertiary/aromatic N) is 2. The highest BCUT2D eigenvalue weighted by molar-refractivity contribution is 7.99. The van der Waals surface area contributed by atoms with Crippen LogP contribution < -0.4 is 5.56 Å². The van der Waals surface area contributed by atoms with E-state index in [0.717, 1.165) is 11.6 Å². The summed E-state index contributed by atoms with van der Waals surface area (Å²) in [7, 11) is 0. The average Bonchev–Trinajstić information content (AvgIpc) is 2.67. The molecular formula is C22H23ClN2OS. The molecule has 0 bridgehead atoms. The Balaban J connectivity index is 2.13. The SMILES string of the molecule is CC/C=C(\C)C(Sc1nc2ccc(Cl)cc2c(=O)n1CC)c1ccccc1. The van der Waals surface area contributed by atoms with Crippen molar-refractivity contribution >= 4 is 34.3 Å². The van der Waals surface area contributed by atoms with Gasteiger partial charge in [0.05, 0.1) is 16.2 Å². The van der Waals surface area contributed by atoms with E-state index in [1.54, 1.807) is 28.5 Å². The first-order valence-electron chi connectivity index (χ1n) is 9.13. The highest BCUT2D eigenvalue weighted by atomic mass is 35.5. The number of allylic oxidation sites excluding steroid dienone is 1. The zero-order valence-electron chi connectivity index (χ0n) is 15.8. The molecule has 3 nitrogen and oxygen atoms in total. The molecule has 140 valence electrons. The third-order valence-electron chi connectivity index (χ3n) is 4.46. The van der Waals surface area contributed by atoms with Gasteiger partial charge < -0.3 is 0 Å². The molecule has 0 aliphatic rings. The summed E-state index contributed by atoms with van der Waals surface area (Å²) < 4.78 is 1.73. The van der Waals surface area contributed by atoms with Crippen LogP contribution in [0.1, 0.15) is 38.0 Å². The topological polar surface area (TPSA) is 34.9 Å². The number of hydrogen-bond acceptors (Lipinski definition) is 3. The van der Waals surface area contributed by atoms with Crippen molar-refractivity contribution < 1.29 is 0 Å². The first-order chi connectivity index (χ1) is 13.0. The van der Waals surface area contributed by atoms with Gasteiger partial charge in [-0.1, -0.05) is 72.3 Å². The van der Waals surface area contributed by atoms with E-state index in [9.17, 15) is 4.79 Å². The number of halogens is 1. The smallest absolute Gasteiger partial charge is 0.262 e. The van der Waals surface area contributed by atoms with Gasteiger partial charge in [-0.15, -0.1) is 0 Å². The number of benzene rings is 2. The monoisotopic (exact) mass is 398 g/mol. The summed E-state index contributed by atoms with van der Waals surface area (Å²) in [4.78, 5) is 17.8. The third-order valence-corrected chi connectivity index (χ3v) is 6.10. The molecule has 0 saturated heterocycles. The summed E-state index contributed by atoms with van der Waals surface area (Å²) in [6.45, 7) is 6.81. The Kier molecular flexibility index (Phi) is 6.40. The molecule has 0 N–H and O–H groups in total. The molecule has 2 aromatic carbocycles. The van der Waals surface area contributed by atoms with Gasteiger partial charge in [0.25, 0.3) is 5.56 Å². The normalized spacial score (nSPS) is 13.1. The standard InChI is InChI=1S/C22H23ClN2OS/c1-4-9-15(3)20(16-10-7-6-8-11-16)27-22-24-19-13-12-17(23)14-18(19)21(26)25(22)5-2/h6-14,20H,4-5H2,1-3H3/b15-9+. The quantitative estimate of drug-likeness (QED) is 0.279. The summed E-state index contributed by atoms with van der Waals surface area (Å²) in [5.41, 5.74) is 3.11. The van der Waals surface area contributed by atoms with Gasteiger partial charge in [0, 0.05) is 11.6 Å². The minimum absolute atomic E-state index is 0.0450. The van der Waals surface area contributed by atoms with Gasteiger partial charge in [-0.3, -0.25) is 9.36 Å². The first-order valence-corrected chi connectivity index (χ1v) is 10.4. The van der Waals surface area contributed by atoms with Crippen molar-refractivity contribution in [1.82, 2.24) is 9.55 Å². The molecule has 0 fully saturated rings. The summed E-state index contributed by atoms with van der Waals surface area (Å²) >= 11 is 7.70. The van der Waals surface area contributed by atoms with Crippen molar-refractivity contribution in [2.75, 3.05) is 0 Å². The van der Waals surface area contributed by atoms with Crippen molar-refractivity contribution in [3.63, 3.8) is 0 Å². The van der Waals surface area contributed by atoms with Crippen molar-refractivity contribution in [2.24, 2.45) is 0 Å². The lowest BCUT2D eigenvalue weighted by Crippen LogP contribution is -2.22. The van der Waals surface area contributed by atoms with Crippen molar-refractivity contribution in [2.45, 2.75) is 44.1 Å². The van der Waals surface area contributed by atoms with Gasteiger partial charge in [0.1, 0.15) is 0 Å². The fraction of sp³-hybridized carbons (Fsp3) is 0.273. The average molecular weight is 399 g/mol. The van der Waals surface area contributed by atoms with Crippen LogP contribution in [0.5, 0.6) is 0 Å². The molecule has 0 amide bonds. The molecular weight excluding hydrogens is 376 g/mol. The maximum absolute atomic E-state index is 13.0. The molecule has 0 aliphatic heterocycles. The summed E-state index contributed by atoms with van der Waals surface area (Å²) in [6.07, 6.45) is 3.21. The number of aromatic nitrogens is 2. The second-order valence-electron chi connectivity index (χ2n) is 6.37. The Morgan fingerprint density at radius 1 is 1.22 bits per heavy atom. The molecule has 3 rings (SSSR count). The Morgan fingerprint density at radius 3 is 2.63 bits per heavy atom. The molecule has 27 heavy (non-hydrogen) atoms.